The smallest absolute Gasteiger partial charge is 0.335 e. The maximum atomic E-state index is 10.7. The van der Waals surface area contributed by atoms with Crippen LogP contribution in [0.4, 0.5) is 0 Å². The van der Waals surface area contributed by atoms with Crippen molar-refractivity contribution < 1.29 is 9.90 Å². The summed E-state index contributed by atoms with van der Waals surface area (Å²) in [5, 5.41) is 19.6. The van der Waals surface area contributed by atoms with Gasteiger partial charge in [0.15, 0.2) is 11.5 Å². The highest BCUT2D eigenvalue weighted by molar-refractivity contribution is 5.88. The van der Waals surface area contributed by atoms with E-state index in [2.05, 4.69) is 15.5 Å². The van der Waals surface area contributed by atoms with Crippen LogP contribution >= 0.6 is 0 Å². The van der Waals surface area contributed by atoms with E-state index < -0.39 is 5.97 Å². The van der Waals surface area contributed by atoms with Crippen molar-refractivity contribution in [2.75, 3.05) is 7.05 Å². The van der Waals surface area contributed by atoms with Crippen molar-refractivity contribution in [2.45, 2.75) is 6.54 Å². The SMILES string of the molecule is CNCc1nnc2cc(C(=O)O)ccn12. The first kappa shape index (κ1) is 9.60. The summed E-state index contributed by atoms with van der Waals surface area (Å²) in [6.45, 7) is 0.591. The van der Waals surface area contributed by atoms with Gasteiger partial charge in [-0.2, -0.15) is 0 Å². The molecule has 0 aliphatic heterocycles. The maximum absolute atomic E-state index is 10.7. The molecular formula is C9H10N4O2. The fraction of sp³-hybridized carbons (Fsp3) is 0.222. The van der Waals surface area contributed by atoms with Gasteiger partial charge in [0.1, 0.15) is 0 Å². The van der Waals surface area contributed by atoms with Gasteiger partial charge in [-0.3, -0.25) is 4.40 Å². The molecule has 0 spiro atoms. The summed E-state index contributed by atoms with van der Waals surface area (Å²) in [4.78, 5) is 10.7. The number of aromatic nitrogens is 3. The quantitative estimate of drug-likeness (QED) is 0.747. The second kappa shape index (κ2) is 3.66. The number of rotatable bonds is 3. The lowest BCUT2D eigenvalue weighted by molar-refractivity contribution is 0.0697. The van der Waals surface area contributed by atoms with E-state index in [1.54, 1.807) is 10.6 Å². The van der Waals surface area contributed by atoms with E-state index in [0.29, 0.717) is 12.2 Å². The van der Waals surface area contributed by atoms with Gasteiger partial charge in [0.25, 0.3) is 0 Å². The third-order valence-electron chi connectivity index (χ3n) is 2.06. The first-order chi connectivity index (χ1) is 7.22. The zero-order valence-corrected chi connectivity index (χ0v) is 8.14. The van der Waals surface area contributed by atoms with Crippen molar-refractivity contribution in [3.8, 4) is 0 Å². The highest BCUT2D eigenvalue weighted by Gasteiger charge is 2.08. The number of pyridine rings is 1. The van der Waals surface area contributed by atoms with E-state index in [1.165, 1.54) is 12.1 Å². The minimum Gasteiger partial charge on any atom is -0.478 e. The van der Waals surface area contributed by atoms with Crippen LogP contribution < -0.4 is 5.32 Å². The van der Waals surface area contributed by atoms with Crippen LogP contribution in [0, 0.1) is 0 Å². The van der Waals surface area contributed by atoms with Crippen LogP contribution in [0.15, 0.2) is 18.3 Å². The molecule has 15 heavy (non-hydrogen) atoms. The lowest BCUT2D eigenvalue weighted by Gasteiger charge is -1.99. The lowest BCUT2D eigenvalue weighted by Crippen LogP contribution is -2.09. The van der Waals surface area contributed by atoms with E-state index in [0.717, 1.165) is 5.82 Å². The van der Waals surface area contributed by atoms with Crippen molar-refractivity contribution in [1.82, 2.24) is 19.9 Å². The minimum absolute atomic E-state index is 0.214. The van der Waals surface area contributed by atoms with Gasteiger partial charge in [-0.1, -0.05) is 0 Å². The van der Waals surface area contributed by atoms with E-state index in [1.807, 2.05) is 7.05 Å². The summed E-state index contributed by atoms with van der Waals surface area (Å²) in [5.41, 5.74) is 0.756. The van der Waals surface area contributed by atoms with Gasteiger partial charge in [0.05, 0.1) is 12.1 Å². The summed E-state index contributed by atoms with van der Waals surface area (Å²) in [6, 6.07) is 3.02. The molecule has 2 N–H and O–H groups in total. The number of nitrogens with one attached hydrogen (secondary N) is 1. The Balaban J connectivity index is 2.51. The molecule has 0 saturated carbocycles. The van der Waals surface area contributed by atoms with Crippen LogP contribution in [-0.4, -0.2) is 32.7 Å². The predicted molar refractivity (Wildman–Crippen MR) is 52.7 cm³/mol. The molecule has 0 aromatic carbocycles. The van der Waals surface area contributed by atoms with Crippen LogP contribution in [0.2, 0.25) is 0 Å². The van der Waals surface area contributed by atoms with Crippen molar-refractivity contribution in [3.63, 3.8) is 0 Å². The zero-order chi connectivity index (χ0) is 10.8. The maximum Gasteiger partial charge on any atom is 0.335 e. The van der Waals surface area contributed by atoms with Crippen LogP contribution in [0.25, 0.3) is 5.65 Å². The number of carboxylic acid groups (broad SMARTS) is 1. The van der Waals surface area contributed by atoms with Gasteiger partial charge in [-0.05, 0) is 19.2 Å². The molecule has 2 aromatic heterocycles. The first-order valence-electron chi connectivity index (χ1n) is 4.44. The summed E-state index contributed by atoms with van der Waals surface area (Å²) >= 11 is 0. The average Bonchev–Trinajstić information content (AvgIpc) is 2.61. The number of fused-ring (bicyclic) bond motifs is 1. The number of aromatic carboxylic acids is 1. The Morgan fingerprint density at radius 1 is 1.60 bits per heavy atom. The molecule has 2 rings (SSSR count). The fourth-order valence-corrected chi connectivity index (χ4v) is 1.35. The topological polar surface area (TPSA) is 79.5 Å². The zero-order valence-electron chi connectivity index (χ0n) is 8.14. The summed E-state index contributed by atoms with van der Waals surface area (Å²) in [6.07, 6.45) is 1.66. The number of carbonyl (C=O) groups is 1. The number of carboxylic acids is 1. The van der Waals surface area contributed by atoms with Gasteiger partial charge in [-0.15, -0.1) is 10.2 Å². The molecule has 0 aliphatic carbocycles. The van der Waals surface area contributed by atoms with Crippen LogP contribution in [0.5, 0.6) is 0 Å². The molecule has 0 bridgehead atoms. The monoisotopic (exact) mass is 206 g/mol. The Kier molecular flexibility index (Phi) is 2.34. The average molecular weight is 206 g/mol. The fourth-order valence-electron chi connectivity index (χ4n) is 1.35. The van der Waals surface area contributed by atoms with Crippen LogP contribution in [0.1, 0.15) is 16.2 Å². The number of hydrogen-bond donors (Lipinski definition) is 2. The number of hydrogen-bond acceptors (Lipinski definition) is 4. The largest absolute Gasteiger partial charge is 0.478 e. The van der Waals surface area contributed by atoms with Crippen molar-refractivity contribution in [3.05, 3.63) is 29.7 Å². The Labute approximate surface area is 85.6 Å². The molecule has 0 radical (unpaired) electrons. The van der Waals surface area contributed by atoms with Crippen LogP contribution in [-0.2, 0) is 6.54 Å². The molecule has 2 aromatic rings. The first-order valence-corrected chi connectivity index (χ1v) is 4.44. The van der Waals surface area contributed by atoms with Crippen molar-refractivity contribution >= 4 is 11.6 Å². The Hall–Kier alpha value is -1.95. The standard InChI is InChI=1S/C9H10N4O2/c1-10-5-8-12-11-7-4-6(9(14)15)2-3-13(7)8/h2-4,10H,5H2,1H3,(H,14,15). The third kappa shape index (κ3) is 1.66. The van der Waals surface area contributed by atoms with Gasteiger partial charge in [-0.25, -0.2) is 4.79 Å². The third-order valence-corrected chi connectivity index (χ3v) is 2.06. The minimum atomic E-state index is -0.962. The molecule has 6 heteroatoms. The highest BCUT2D eigenvalue weighted by Crippen LogP contribution is 2.07. The van der Waals surface area contributed by atoms with Crippen LogP contribution in [0.3, 0.4) is 0 Å². The van der Waals surface area contributed by atoms with Gasteiger partial charge in [0, 0.05) is 6.20 Å². The molecule has 78 valence electrons. The summed E-state index contributed by atoms with van der Waals surface area (Å²) < 4.78 is 1.75. The Bertz CT molecular complexity index is 506. The normalized spacial score (nSPS) is 10.7. The summed E-state index contributed by atoms with van der Waals surface area (Å²) in [7, 11) is 1.81. The molecule has 0 fully saturated rings. The predicted octanol–water partition coefficient (Wildman–Crippen LogP) is 0.147. The molecular weight excluding hydrogens is 196 g/mol. The van der Waals surface area contributed by atoms with Gasteiger partial charge in [0.2, 0.25) is 0 Å². The van der Waals surface area contributed by atoms with E-state index in [4.69, 9.17) is 5.11 Å². The van der Waals surface area contributed by atoms with Crippen molar-refractivity contribution in [1.29, 1.82) is 0 Å². The van der Waals surface area contributed by atoms with E-state index in [9.17, 15) is 4.79 Å². The molecule has 6 nitrogen and oxygen atoms in total. The Morgan fingerprint density at radius 2 is 2.40 bits per heavy atom. The molecule has 2 heterocycles. The molecule has 0 atom stereocenters. The van der Waals surface area contributed by atoms with Gasteiger partial charge < -0.3 is 10.4 Å². The van der Waals surface area contributed by atoms with E-state index >= 15 is 0 Å². The lowest BCUT2D eigenvalue weighted by atomic mass is 10.3. The Morgan fingerprint density at radius 3 is 3.07 bits per heavy atom. The van der Waals surface area contributed by atoms with Crippen molar-refractivity contribution in [2.24, 2.45) is 0 Å². The second-order valence-corrected chi connectivity index (χ2v) is 3.10. The number of nitrogens with zero attached hydrogens (tertiary/aromatic N) is 3. The van der Waals surface area contributed by atoms with Gasteiger partial charge >= 0.3 is 5.97 Å². The molecule has 0 saturated heterocycles. The molecule has 0 unspecified atom stereocenters. The van der Waals surface area contributed by atoms with E-state index in [-0.39, 0.29) is 5.56 Å². The molecule has 0 amide bonds. The molecule has 0 aliphatic rings. The second-order valence-electron chi connectivity index (χ2n) is 3.10. The summed E-state index contributed by atoms with van der Waals surface area (Å²) in [5.74, 6) is -0.208. The highest BCUT2D eigenvalue weighted by atomic mass is 16.4.